The van der Waals surface area contributed by atoms with Gasteiger partial charge in [-0.05, 0) is 24.6 Å². The Balaban J connectivity index is 1.59. The second-order valence-corrected chi connectivity index (χ2v) is 6.04. The van der Waals surface area contributed by atoms with Crippen LogP contribution in [0.3, 0.4) is 0 Å². The van der Waals surface area contributed by atoms with Gasteiger partial charge in [0.25, 0.3) is 0 Å². The highest BCUT2D eigenvalue weighted by atomic mass is 32.2. The summed E-state index contributed by atoms with van der Waals surface area (Å²) < 4.78 is 1.89. The fourth-order valence-corrected chi connectivity index (χ4v) is 2.83. The second kappa shape index (κ2) is 6.59. The maximum atomic E-state index is 4.24. The zero-order chi connectivity index (χ0) is 14.5. The standard InChI is InChI=1S/C17H17N3S/c1-14-7-9-15(10-8-14)11-20-12-16(18-19-20)13-21-17-5-3-2-4-6-17/h2-10,12H,11,13H2,1H3. The van der Waals surface area contributed by atoms with Gasteiger partial charge in [-0.25, -0.2) is 4.68 Å². The van der Waals surface area contributed by atoms with Crippen LogP contribution in [0.15, 0.2) is 65.7 Å². The minimum absolute atomic E-state index is 0.767. The van der Waals surface area contributed by atoms with Gasteiger partial charge < -0.3 is 0 Å². The summed E-state index contributed by atoms with van der Waals surface area (Å²) in [5.74, 6) is 0.845. The Kier molecular flexibility index (Phi) is 4.36. The minimum atomic E-state index is 0.767. The predicted octanol–water partition coefficient (Wildman–Crippen LogP) is 3.93. The Bertz CT molecular complexity index is 690. The molecule has 0 bridgehead atoms. The molecule has 0 fully saturated rings. The summed E-state index contributed by atoms with van der Waals surface area (Å²) in [7, 11) is 0. The SMILES string of the molecule is Cc1ccc(Cn2cc(CSc3ccccc3)nn2)cc1. The van der Waals surface area contributed by atoms with E-state index in [0.717, 1.165) is 18.0 Å². The van der Waals surface area contributed by atoms with Gasteiger partial charge in [-0.1, -0.05) is 53.2 Å². The lowest BCUT2D eigenvalue weighted by molar-refractivity contribution is 0.649. The van der Waals surface area contributed by atoms with Crippen molar-refractivity contribution in [2.24, 2.45) is 0 Å². The third-order valence-corrected chi connectivity index (χ3v) is 4.23. The van der Waals surface area contributed by atoms with E-state index < -0.39 is 0 Å². The maximum absolute atomic E-state index is 4.24. The Morgan fingerprint density at radius 1 is 1.00 bits per heavy atom. The van der Waals surface area contributed by atoms with E-state index in [1.807, 2.05) is 16.9 Å². The molecule has 0 aliphatic heterocycles. The number of aryl methyl sites for hydroxylation is 1. The number of aromatic nitrogens is 3. The topological polar surface area (TPSA) is 30.7 Å². The fraction of sp³-hybridized carbons (Fsp3) is 0.176. The van der Waals surface area contributed by atoms with Crippen molar-refractivity contribution in [2.75, 3.05) is 0 Å². The van der Waals surface area contributed by atoms with E-state index in [-0.39, 0.29) is 0 Å². The van der Waals surface area contributed by atoms with Crippen LogP contribution in [0.4, 0.5) is 0 Å². The van der Waals surface area contributed by atoms with Crippen LogP contribution in [0.2, 0.25) is 0 Å². The molecule has 0 unspecified atom stereocenters. The van der Waals surface area contributed by atoms with Crippen LogP contribution in [0, 0.1) is 6.92 Å². The average Bonchev–Trinajstić information content (AvgIpc) is 2.96. The summed E-state index contributed by atoms with van der Waals surface area (Å²) in [6.07, 6.45) is 2.02. The summed E-state index contributed by atoms with van der Waals surface area (Å²) in [5, 5.41) is 8.44. The van der Waals surface area contributed by atoms with Gasteiger partial charge in [-0.2, -0.15) is 0 Å². The maximum Gasteiger partial charge on any atom is 0.0929 e. The zero-order valence-electron chi connectivity index (χ0n) is 11.9. The first kappa shape index (κ1) is 13.9. The highest BCUT2D eigenvalue weighted by Gasteiger charge is 2.03. The summed E-state index contributed by atoms with van der Waals surface area (Å²) in [6.45, 7) is 2.86. The van der Waals surface area contributed by atoms with Crippen LogP contribution in [0.25, 0.3) is 0 Å². The predicted molar refractivity (Wildman–Crippen MR) is 86.3 cm³/mol. The van der Waals surface area contributed by atoms with Crippen molar-refractivity contribution in [1.82, 2.24) is 15.0 Å². The second-order valence-electron chi connectivity index (χ2n) is 4.99. The molecule has 0 aliphatic carbocycles. The van der Waals surface area contributed by atoms with E-state index in [4.69, 9.17) is 0 Å². The first-order valence-electron chi connectivity index (χ1n) is 6.92. The zero-order valence-corrected chi connectivity index (χ0v) is 12.8. The summed E-state index contributed by atoms with van der Waals surface area (Å²) >= 11 is 1.78. The van der Waals surface area contributed by atoms with Crippen LogP contribution in [-0.4, -0.2) is 15.0 Å². The highest BCUT2D eigenvalue weighted by molar-refractivity contribution is 7.98. The number of hydrogen-bond donors (Lipinski definition) is 0. The van der Waals surface area contributed by atoms with Gasteiger partial charge in [0.1, 0.15) is 0 Å². The van der Waals surface area contributed by atoms with E-state index in [0.29, 0.717) is 0 Å². The Morgan fingerprint density at radius 2 is 1.76 bits per heavy atom. The lowest BCUT2D eigenvalue weighted by Gasteiger charge is -2.01. The quantitative estimate of drug-likeness (QED) is 0.668. The Hall–Kier alpha value is -2.07. The van der Waals surface area contributed by atoms with Crippen molar-refractivity contribution in [3.05, 3.63) is 77.6 Å². The minimum Gasteiger partial charge on any atom is -0.248 e. The van der Waals surface area contributed by atoms with E-state index >= 15 is 0 Å². The van der Waals surface area contributed by atoms with E-state index in [2.05, 4.69) is 65.8 Å². The smallest absolute Gasteiger partial charge is 0.0929 e. The molecule has 0 radical (unpaired) electrons. The fourth-order valence-electron chi connectivity index (χ4n) is 2.04. The molecule has 106 valence electrons. The molecule has 0 amide bonds. The third kappa shape index (κ3) is 3.95. The first-order chi connectivity index (χ1) is 10.3. The Morgan fingerprint density at radius 3 is 2.52 bits per heavy atom. The first-order valence-corrected chi connectivity index (χ1v) is 7.90. The molecule has 1 aromatic heterocycles. The normalized spacial score (nSPS) is 10.7. The molecule has 1 heterocycles. The Labute approximate surface area is 129 Å². The molecule has 3 nitrogen and oxygen atoms in total. The van der Waals surface area contributed by atoms with Gasteiger partial charge in [0.05, 0.1) is 12.2 Å². The molecule has 0 saturated heterocycles. The average molecular weight is 295 g/mol. The molecule has 0 saturated carbocycles. The van der Waals surface area contributed by atoms with Crippen molar-refractivity contribution < 1.29 is 0 Å². The molecule has 0 atom stereocenters. The monoisotopic (exact) mass is 295 g/mol. The lowest BCUT2D eigenvalue weighted by atomic mass is 10.1. The summed E-state index contributed by atoms with van der Waals surface area (Å²) in [6, 6.07) is 18.9. The van der Waals surface area contributed by atoms with Crippen LogP contribution in [0.1, 0.15) is 16.8 Å². The molecule has 4 heteroatoms. The number of thioether (sulfide) groups is 1. The van der Waals surface area contributed by atoms with Crippen LogP contribution in [0.5, 0.6) is 0 Å². The molecule has 3 rings (SSSR count). The van der Waals surface area contributed by atoms with Gasteiger partial charge in [0, 0.05) is 16.8 Å². The van der Waals surface area contributed by atoms with E-state index in [1.165, 1.54) is 16.0 Å². The molecular formula is C17H17N3S. The van der Waals surface area contributed by atoms with Crippen molar-refractivity contribution in [1.29, 1.82) is 0 Å². The molecule has 0 N–H and O–H groups in total. The van der Waals surface area contributed by atoms with Crippen molar-refractivity contribution in [2.45, 2.75) is 24.1 Å². The summed E-state index contributed by atoms with van der Waals surface area (Å²) in [5.41, 5.74) is 3.53. The largest absolute Gasteiger partial charge is 0.248 e. The van der Waals surface area contributed by atoms with E-state index in [9.17, 15) is 0 Å². The van der Waals surface area contributed by atoms with Crippen molar-refractivity contribution in [3.63, 3.8) is 0 Å². The number of rotatable bonds is 5. The molecular weight excluding hydrogens is 278 g/mol. The van der Waals surface area contributed by atoms with Crippen LogP contribution < -0.4 is 0 Å². The highest BCUT2D eigenvalue weighted by Crippen LogP contribution is 2.21. The van der Waals surface area contributed by atoms with Crippen molar-refractivity contribution >= 4 is 11.8 Å². The van der Waals surface area contributed by atoms with Gasteiger partial charge in [0.15, 0.2) is 0 Å². The van der Waals surface area contributed by atoms with Gasteiger partial charge in [-0.15, -0.1) is 16.9 Å². The summed E-state index contributed by atoms with van der Waals surface area (Å²) in [4.78, 5) is 1.26. The van der Waals surface area contributed by atoms with Crippen molar-refractivity contribution in [3.8, 4) is 0 Å². The molecule has 21 heavy (non-hydrogen) atoms. The van der Waals surface area contributed by atoms with Gasteiger partial charge in [-0.3, -0.25) is 0 Å². The number of hydrogen-bond acceptors (Lipinski definition) is 3. The lowest BCUT2D eigenvalue weighted by Crippen LogP contribution is -2.00. The van der Waals surface area contributed by atoms with Crippen LogP contribution in [-0.2, 0) is 12.3 Å². The number of nitrogens with zero attached hydrogens (tertiary/aromatic N) is 3. The number of benzene rings is 2. The van der Waals surface area contributed by atoms with Gasteiger partial charge in [0.2, 0.25) is 0 Å². The molecule has 2 aromatic carbocycles. The molecule has 3 aromatic rings. The van der Waals surface area contributed by atoms with Crippen LogP contribution >= 0.6 is 11.8 Å². The molecule has 0 aliphatic rings. The molecule has 0 spiro atoms. The third-order valence-electron chi connectivity index (χ3n) is 3.18. The van der Waals surface area contributed by atoms with E-state index in [1.54, 1.807) is 11.8 Å². The van der Waals surface area contributed by atoms with Gasteiger partial charge >= 0.3 is 0 Å².